The first kappa shape index (κ1) is 29.2. The lowest BCUT2D eigenvalue weighted by molar-refractivity contribution is -0.164. The van der Waals surface area contributed by atoms with Gasteiger partial charge in [-0.2, -0.15) is 13.2 Å². The minimum absolute atomic E-state index is 0.0216. The number of aromatic nitrogens is 3. The van der Waals surface area contributed by atoms with Crippen molar-refractivity contribution in [3.8, 4) is 0 Å². The lowest BCUT2D eigenvalue weighted by atomic mass is 9.69. The Hall–Kier alpha value is -2.93. The Kier molecular flexibility index (Phi) is 6.80. The summed E-state index contributed by atoms with van der Waals surface area (Å²) in [5, 5.41) is 2.91. The molecule has 6 rings (SSSR count). The van der Waals surface area contributed by atoms with Gasteiger partial charge < -0.3 is 11.1 Å². The summed E-state index contributed by atoms with van der Waals surface area (Å²) >= 11 is 0. The normalized spacial score (nSPS) is 29.1. The molecule has 2 aromatic heterocycles. The summed E-state index contributed by atoms with van der Waals surface area (Å²) in [6.07, 6.45) is -2.32. The van der Waals surface area contributed by atoms with Crippen molar-refractivity contribution in [1.29, 1.82) is 0 Å². The molecule has 7 nitrogen and oxygen atoms in total. The van der Waals surface area contributed by atoms with Crippen LogP contribution >= 0.6 is 0 Å². The zero-order chi connectivity index (χ0) is 30.2. The lowest BCUT2D eigenvalue weighted by Crippen LogP contribution is -2.40. The predicted molar refractivity (Wildman–Crippen MR) is 134 cm³/mol. The number of alkyl halides is 7. The largest absolute Gasteiger partial charge is 0.392 e. The summed E-state index contributed by atoms with van der Waals surface area (Å²) < 4.78 is 97.6. The first-order valence-corrected chi connectivity index (χ1v) is 14.4. The van der Waals surface area contributed by atoms with Crippen molar-refractivity contribution in [3.63, 3.8) is 0 Å². The van der Waals surface area contributed by atoms with Gasteiger partial charge in [0.25, 0.3) is 0 Å². The van der Waals surface area contributed by atoms with E-state index in [4.69, 9.17) is 5.73 Å². The quantitative estimate of drug-likeness (QED) is 0.360. The Bertz CT molecular complexity index is 1370. The summed E-state index contributed by atoms with van der Waals surface area (Å²) in [5.41, 5.74) is 4.22. The number of nitrogens with two attached hydrogens (primary N) is 1. The number of hydrogen-bond donors (Lipinski definition) is 2. The Balaban J connectivity index is 1.29. The molecule has 0 saturated heterocycles. The summed E-state index contributed by atoms with van der Waals surface area (Å²) in [6.45, 7) is 0. The highest BCUT2D eigenvalue weighted by Crippen LogP contribution is 2.69. The summed E-state index contributed by atoms with van der Waals surface area (Å²) in [4.78, 5) is 34.4. The molecule has 4 fully saturated rings. The van der Waals surface area contributed by atoms with Crippen LogP contribution in [0.4, 0.5) is 30.7 Å². The highest BCUT2D eigenvalue weighted by atomic mass is 19.4. The second-order valence-corrected chi connectivity index (χ2v) is 12.8. The molecule has 4 saturated carbocycles. The van der Waals surface area contributed by atoms with Crippen molar-refractivity contribution in [2.24, 2.45) is 34.8 Å². The fourth-order valence-corrected chi connectivity index (χ4v) is 7.29. The van der Waals surface area contributed by atoms with Gasteiger partial charge in [-0.15, -0.1) is 0 Å². The van der Waals surface area contributed by atoms with Crippen molar-refractivity contribution in [1.82, 2.24) is 19.7 Å². The molecule has 2 heterocycles. The molecule has 4 atom stereocenters. The molecular weight excluding hydrogens is 571 g/mol. The summed E-state index contributed by atoms with van der Waals surface area (Å²) in [5.74, 6) is -11.1. The number of carbonyl (C=O) groups is 2. The highest BCUT2D eigenvalue weighted by molar-refractivity contribution is 5.86. The molecule has 0 spiro atoms. The number of nitrogens with one attached hydrogen (secondary N) is 1. The molecule has 0 aliphatic heterocycles. The second-order valence-electron chi connectivity index (χ2n) is 12.8. The van der Waals surface area contributed by atoms with E-state index in [0.29, 0.717) is 5.69 Å². The molecular formula is C28H32F7N5O2. The van der Waals surface area contributed by atoms with Crippen molar-refractivity contribution < 1.29 is 40.3 Å². The Labute approximate surface area is 236 Å². The van der Waals surface area contributed by atoms with E-state index in [9.17, 15) is 40.3 Å². The van der Waals surface area contributed by atoms with Crippen LogP contribution in [0.3, 0.4) is 0 Å². The summed E-state index contributed by atoms with van der Waals surface area (Å²) in [6, 6.07) is 1.16. The third-order valence-corrected chi connectivity index (χ3v) is 9.71. The topological polar surface area (TPSA) is 102 Å². The fraction of sp³-hybridized carbons (Fsp3) is 0.714. The van der Waals surface area contributed by atoms with E-state index in [2.05, 4.69) is 15.3 Å². The Morgan fingerprint density at radius 2 is 1.62 bits per heavy atom. The van der Waals surface area contributed by atoms with Gasteiger partial charge in [-0.05, 0) is 55.9 Å². The van der Waals surface area contributed by atoms with Crippen molar-refractivity contribution in [2.45, 2.75) is 94.2 Å². The smallest absolute Gasteiger partial charge is 0.369 e. The van der Waals surface area contributed by atoms with Crippen molar-refractivity contribution in [2.75, 3.05) is 0 Å². The van der Waals surface area contributed by atoms with Gasteiger partial charge in [-0.3, -0.25) is 14.0 Å². The van der Waals surface area contributed by atoms with Gasteiger partial charge in [0.2, 0.25) is 29.4 Å². The monoisotopic (exact) mass is 603 g/mol. The highest BCUT2D eigenvalue weighted by Gasteiger charge is 2.74. The van der Waals surface area contributed by atoms with E-state index < -0.39 is 72.4 Å². The standard InChI is InChI=1S/C28H32F7N5O2/c29-25(30)6-3-15(4-7-25)21(27(23(36)42)12-19(27)28(33,34)35)18-13-40-8-5-17(37-24(40)38-18)22(16-1-2-16)39-20(41)9-14-10-26(31,32)11-14/h5,8,13-16,19,21-22H,1-4,6-7,9-12H2,(H2,36,42)(H,39,41)/t19?,21-,22+,27?/m1/s1. The average molecular weight is 604 g/mol. The zero-order valence-corrected chi connectivity index (χ0v) is 22.6. The van der Waals surface area contributed by atoms with Gasteiger partial charge >= 0.3 is 6.18 Å². The molecule has 230 valence electrons. The van der Waals surface area contributed by atoms with E-state index in [-0.39, 0.29) is 61.3 Å². The molecule has 2 aromatic rings. The molecule has 0 aromatic carbocycles. The van der Waals surface area contributed by atoms with Crippen LogP contribution in [0.1, 0.15) is 87.6 Å². The molecule has 4 aliphatic rings. The van der Waals surface area contributed by atoms with Gasteiger partial charge in [0, 0.05) is 50.4 Å². The zero-order valence-electron chi connectivity index (χ0n) is 22.6. The Morgan fingerprint density at radius 1 is 0.976 bits per heavy atom. The van der Waals surface area contributed by atoms with Crippen LogP contribution in [-0.2, 0) is 9.59 Å². The van der Waals surface area contributed by atoms with Crippen LogP contribution in [-0.4, -0.2) is 44.2 Å². The first-order chi connectivity index (χ1) is 19.6. The number of primary amides is 1. The van der Waals surface area contributed by atoms with Crippen LogP contribution in [0.15, 0.2) is 18.5 Å². The molecule has 4 aliphatic carbocycles. The van der Waals surface area contributed by atoms with Crippen LogP contribution in [0.2, 0.25) is 0 Å². The second kappa shape index (κ2) is 9.80. The van der Waals surface area contributed by atoms with Gasteiger partial charge in [-0.25, -0.2) is 27.5 Å². The van der Waals surface area contributed by atoms with E-state index in [0.717, 1.165) is 12.8 Å². The van der Waals surface area contributed by atoms with Gasteiger partial charge in [-0.1, -0.05) is 0 Å². The van der Waals surface area contributed by atoms with E-state index in [1.54, 1.807) is 12.3 Å². The first-order valence-electron chi connectivity index (χ1n) is 14.4. The fourth-order valence-electron chi connectivity index (χ4n) is 7.29. The van der Waals surface area contributed by atoms with Gasteiger partial charge in [0.1, 0.15) is 0 Å². The maximum absolute atomic E-state index is 14.0. The predicted octanol–water partition coefficient (Wildman–Crippen LogP) is 5.70. The van der Waals surface area contributed by atoms with Crippen LogP contribution in [0.5, 0.6) is 0 Å². The lowest BCUT2D eigenvalue weighted by Gasteiger charge is -2.37. The maximum Gasteiger partial charge on any atom is 0.392 e. The minimum atomic E-state index is -4.69. The van der Waals surface area contributed by atoms with E-state index in [1.807, 2.05) is 0 Å². The molecule has 0 radical (unpaired) electrons. The molecule has 2 unspecified atom stereocenters. The maximum atomic E-state index is 14.0. The third-order valence-electron chi connectivity index (χ3n) is 9.71. The van der Waals surface area contributed by atoms with Gasteiger partial charge in [0.15, 0.2) is 0 Å². The minimum Gasteiger partial charge on any atom is -0.369 e. The number of halogens is 7. The molecule has 0 bridgehead atoms. The number of carbonyl (C=O) groups excluding carboxylic acids is 2. The number of imidazole rings is 1. The number of rotatable bonds is 9. The van der Waals surface area contributed by atoms with Crippen molar-refractivity contribution in [3.05, 3.63) is 29.8 Å². The Morgan fingerprint density at radius 3 is 2.17 bits per heavy atom. The van der Waals surface area contributed by atoms with E-state index in [1.165, 1.54) is 10.6 Å². The van der Waals surface area contributed by atoms with Crippen molar-refractivity contribution >= 4 is 17.6 Å². The van der Waals surface area contributed by atoms with Crippen LogP contribution < -0.4 is 11.1 Å². The molecule has 2 amide bonds. The average Bonchev–Trinajstić information content (AvgIpc) is 3.78. The SMILES string of the molecule is NC(=O)C1([C@@H](c2cn3ccc([C@@H](NC(=O)CC4CC(F)(F)C4)C4CC4)nc3n2)C2CCC(F)(F)CC2)CC1C(F)(F)F. The molecule has 42 heavy (non-hydrogen) atoms. The number of fused-ring (bicyclic) bond motifs is 1. The summed E-state index contributed by atoms with van der Waals surface area (Å²) in [7, 11) is 0. The van der Waals surface area contributed by atoms with Crippen LogP contribution in [0.25, 0.3) is 5.78 Å². The number of amides is 2. The van der Waals surface area contributed by atoms with E-state index >= 15 is 0 Å². The molecule has 3 N–H and O–H groups in total. The number of nitrogens with zero attached hydrogens (tertiary/aromatic N) is 3. The van der Waals surface area contributed by atoms with Gasteiger partial charge in [0.05, 0.1) is 28.8 Å². The number of hydrogen-bond acceptors (Lipinski definition) is 4. The van der Waals surface area contributed by atoms with Crippen LogP contribution in [0, 0.1) is 29.1 Å². The molecule has 14 heteroatoms. The third kappa shape index (κ3) is 5.45.